The Morgan fingerprint density at radius 2 is 2.46 bits per heavy atom. The van der Waals surface area contributed by atoms with Crippen LogP contribution >= 0.6 is 0 Å². The maximum Gasteiger partial charge on any atom is 0.334 e. The molecule has 0 heterocycles. The van der Waals surface area contributed by atoms with E-state index in [4.69, 9.17) is 4.74 Å². The van der Waals surface area contributed by atoms with Gasteiger partial charge in [0, 0.05) is 5.57 Å². The summed E-state index contributed by atoms with van der Waals surface area (Å²) in [4.78, 5) is 11.5. The van der Waals surface area contributed by atoms with Crippen LogP contribution < -0.4 is 0 Å². The Morgan fingerprint density at radius 3 is 3.00 bits per heavy atom. The van der Waals surface area contributed by atoms with Crippen molar-refractivity contribution in [2.45, 2.75) is 25.7 Å². The second-order valence-electron chi connectivity index (χ2n) is 3.78. The minimum absolute atomic E-state index is 0.114. The second-order valence-corrected chi connectivity index (χ2v) is 3.78. The maximum absolute atomic E-state index is 11.5. The number of hydrogen-bond donors (Lipinski definition) is 0. The highest BCUT2D eigenvalue weighted by Crippen LogP contribution is 2.44. The van der Waals surface area contributed by atoms with Gasteiger partial charge >= 0.3 is 5.97 Å². The molecule has 2 heteroatoms. The Hall–Kier alpha value is -1.05. The van der Waals surface area contributed by atoms with E-state index in [0.29, 0.717) is 6.61 Å². The van der Waals surface area contributed by atoms with Crippen molar-refractivity contribution < 1.29 is 9.53 Å². The third-order valence-corrected chi connectivity index (χ3v) is 2.89. The molecule has 0 aliphatic heterocycles. The van der Waals surface area contributed by atoms with Crippen LogP contribution in [0, 0.1) is 5.92 Å². The van der Waals surface area contributed by atoms with Crippen molar-refractivity contribution in [3.63, 3.8) is 0 Å². The van der Waals surface area contributed by atoms with Crippen LogP contribution in [0.1, 0.15) is 25.7 Å². The van der Waals surface area contributed by atoms with Crippen LogP contribution in [0.5, 0.6) is 0 Å². The van der Waals surface area contributed by atoms with Crippen LogP contribution in [0.2, 0.25) is 0 Å². The first-order valence-corrected chi connectivity index (χ1v) is 4.80. The summed E-state index contributed by atoms with van der Waals surface area (Å²) < 4.78 is 5.01. The van der Waals surface area contributed by atoms with E-state index in [2.05, 4.69) is 6.58 Å². The fourth-order valence-corrected chi connectivity index (χ4v) is 2.26. The Labute approximate surface area is 78.3 Å². The number of carbonyl (C=O) groups excluding carboxylic acids is 1. The van der Waals surface area contributed by atoms with Crippen molar-refractivity contribution >= 4 is 5.97 Å². The van der Waals surface area contributed by atoms with Crippen molar-refractivity contribution in [2.75, 3.05) is 6.61 Å². The van der Waals surface area contributed by atoms with Gasteiger partial charge in [-0.15, -0.1) is 0 Å². The summed E-state index contributed by atoms with van der Waals surface area (Å²) in [6.07, 6.45) is 6.08. The van der Waals surface area contributed by atoms with Crippen molar-refractivity contribution in [3.05, 3.63) is 23.8 Å². The summed E-state index contributed by atoms with van der Waals surface area (Å²) in [5.41, 5.74) is 2.30. The van der Waals surface area contributed by atoms with Gasteiger partial charge in [-0.3, -0.25) is 0 Å². The lowest BCUT2D eigenvalue weighted by Gasteiger charge is -2.10. The summed E-state index contributed by atoms with van der Waals surface area (Å²) in [5.74, 6) is 0.624. The van der Waals surface area contributed by atoms with E-state index in [1.807, 2.05) is 0 Å². The lowest BCUT2D eigenvalue weighted by Crippen LogP contribution is -2.10. The van der Waals surface area contributed by atoms with E-state index in [1.165, 1.54) is 12.0 Å². The van der Waals surface area contributed by atoms with Crippen LogP contribution in [0.25, 0.3) is 0 Å². The lowest BCUT2D eigenvalue weighted by atomic mass is 9.99. The number of rotatable bonds is 3. The number of esters is 1. The number of carbonyl (C=O) groups is 1. The first kappa shape index (κ1) is 8.54. The molecule has 13 heavy (non-hydrogen) atoms. The molecule has 0 aromatic heterocycles. The molecule has 2 aliphatic carbocycles. The fraction of sp³-hybridized carbons (Fsp3) is 0.545. The van der Waals surface area contributed by atoms with E-state index in [9.17, 15) is 4.79 Å². The molecule has 0 saturated heterocycles. The molecule has 2 nitrogen and oxygen atoms in total. The molecule has 70 valence electrons. The number of hydrogen-bond acceptors (Lipinski definition) is 2. The standard InChI is InChI=1S/C11H14O2/c1-2-5-13-11(12)10-7-8-3-4-9(10)6-8/h2,8H,1,3-7H2. The molecular weight excluding hydrogens is 164 g/mol. The second kappa shape index (κ2) is 3.36. The Bertz CT molecular complexity index is 276. The molecule has 0 N–H and O–H groups in total. The lowest BCUT2D eigenvalue weighted by molar-refractivity contribution is -0.138. The summed E-state index contributed by atoms with van der Waals surface area (Å²) in [7, 11) is 0. The monoisotopic (exact) mass is 178 g/mol. The zero-order chi connectivity index (χ0) is 9.26. The highest BCUT2D eigenvalue weighted by molar-refractivity contribution is 5.90. The summed E-state index contributed by atoms with van der Waals surface area (Å²) in [6.45, 7) is 3.85. The smallest absolute Gasteiger partial charge is 0.334 e. The van der Waals surface area contributed by atoms with Crippen molar-refractivity contribution in [3.8, 4) is 0 Å². The first-order chi connectivity index (χ1) is 6.31. The van der Waals surface area contributed by atoms with E-state index in [1.54, 1.807) is 6.08 Å². The number of ether oxygens (including phenoxy) is 1. The molecule has 1 saturated carbocycles. The molecule has 1 fully saturated rings. The Balaban J connectivity index is 2.01. The van der Waals surface area contributed by atoms with Crippen LogP contribution in [-0.4, -0.2) is 12.6 Å². The fourth-order valence-electron chi connectivity index (χ4n) is 2.26. The topological polar surface area (TPSA) is 26.3 Å². The van der Waals surface area contributed by atoms with Gasteiger partial charge in [-0.1, -0.05) is 18.2 Å². The highest BCUT2D eigenvalue weighted by Gasteiger charge is 2.33. The van der Waals surface area contributed by atoms with Crippen LogP contribution in [-0.2, 0) is 9.53 Å². The summed E-state index contributed by atoms with van der Waals surface area (Å²) >= 11 is 0. The van der Waals surface area contributed by atoms with E-state index >= 15 is 0 Å². The normalized spacial score (nSPS) is 25.1. The minimum atomic E-state index is -0.114. The molecule has 2 aliphatic rings. The predicted molar refractivity (Wildman–Crippen MR) is 50.1 cm³/mol. The largest absolute Gasteiger partial charge is 0.458 e. The third-order valence-electron chi connectivity index (χ3n) is 2.89. The van der Waals surface area contributed by atoms with Crippen LogP contribution in [0.15, 0.2) is 23.8 Å². The molecule has 0 radical (unpaired) electrons. The number of allylic oxidation sites excluding steroid dienone is 1. The molecular formula is C11H14O2. The Kier molecular flexibility index (Phi) is 2.21. The zero-order valence-electron chi connectivity index (χ0n) is 7.71. The van der Waals surface area contributed by atoms with Gasteiger partial charge in [-0.05, 0) is 31.6 Å². The van der Waals surface area contributed by atoms with E-state index in [0.717, 1.165) is 30.8 Å². The van der Waals surface area contributed by atoms with Gasteiger partial charge in [0.25, 0.3) is 0 Å². The average Bonchev–Trinajstić information content (AvgIpc) is 2.74. The average molecular weight is 178 g/mol. The predicted octanol–water partition coefficient (Wildman–Crippen LogP) is 2.22. The summed E-state index contributed by atoms with van der Waals surface area (Å²) in [6, 6.07) is 0. The van der Waals surface area contributed by atoms with Crippen LogP contribution in [0.3, 0.4) is 0 Å². The molecule has 1 unspecified atom stereocenters. The first-order valence-electron chi connectivity index (χ1n) is 4.80. The molecule has 2 rings (SSSR count). The van der Waals surface area contributed by atoms with Gasteiger partial charge < -0.3 is 4.74 Å². The molecule has 0 aromatic carbocycles. The molecule has 0 amide bonds. The molecule has 0 aromatic rings. The van der Waals surface area contributed by atoms with Gasteiger partial charge in [0.2, 0.25) is 0 Å². The van der Waals surface area contributed by atoms with Crippen molar-refractivity contribution in [1.82, 2.24) is 0 Å². The quantitative estimate of drug-likeness (QED) is 0.489. The van der Waals surface area contributed by atoms with Crippen molar-refractivity contribution in [1.29, 1.82) is 0 Å². The van der Waals surface area contributed by atoms with Gasteiger partial charge in [0.05, 0.1) is 0 Å². The van der Waals surface area contributed by atoms with Gasteiger partial charge in [0.1, 0.15) is 6.61 Å². The Morgan fingerprint density at radius 1 is 1.62 bits per heavy atom. The van der Waals surface area contributed by atoms with Gasteiger partial charge in [-0.25, -0.2) is 4.79 Å². The molecule has 0 spiro atoms. The van der Waals surface area contributed by atoms with E-state index in [-0.39, 0.29) is 5.97 Å². The molecule has 2 bridgehead atoms. The van der Waals surface area contributed by atoms with Gasteiger partial charge in [-0.2, -0.15) is 0 Å². The highest BCUT2D eigenvalue weighted by atomic mass is 16.5. The van der Waals surface area contributed by atoms with Crippen LogP contribution in [0.4, 0.5) is 0 Å². The SMILES string of the molecule is C=CCOC(=O)C1=C2CCC(C2)C1. The summed E-state index contributed by atoms with van der Waals surface area (Å²) in [5, 5.41) is 0. The zero-order valence-corrected chi connectivity index (χ0v) is 7.71. The van der Waals surface area contributed by atoms with Crippen molar-refractivity contribution in [2.24, 2.45) is 5.92 Å². The molecule has 1 atom stereocenters. The maximum atomic E-state index is 11.5. The third kappa shape index (κ3) is 1.53. The minimum Gasteiger partial charge on any atom is -0.458 e. The van der Waals surface area contributed by atoms with E-state index < -0.39 is 0 Å². The number of fused-ring (bicyclic) bond motifs is 2. The van der Waals surface area contributed by atoms with Gasteiger partial charge in [0.15, 0.2) is 0 Å².